The molecule has 4 heterocycles. The quantitative estimate of drug-likeness (QED) is 0.445. The summed E-state index contributed by atoms with van der Waals surface area (Å²) < 4.78 is 3.35. The first-order valence-electron chi connectivity index (χ1n) is 11.7. The molecule has 2 aliphatic rings. The van der Waals surface area contributed by atoms with Gasteiger partial charge in [-0.3, -0.25) is 14.3 Å². The Morgan fingerprint density at radius 2 is 2.03 bits per heavy atom. The molecular formula is C25H25N7O3. The molecule has 0 unspecified atom stereocenters. The Kier molecular flexibility index (Phi) is 5.10. The highest BCUT2D eigenvalue weighted by molar-refractivity contribution is 6.02. The monoisotopic (exact) mass is 471 g/mol. The lowest BCUT2D eigenvalue weighted by atomic mass is 10.0. The highest BCUT2D eigenvalue weighted by atomic mass is 16.3. The maximum Gasteiger partial charge on any atom is 0.256 e. The van der Waals surface area contributed by atoms with Crippen molar-refractivity contribution >= 4 is 28.4 Å². The summed E-state index contributed by atoms with van der Waals surface area (Å²) in [6.45, 7) is 0.996. The highest BCUT2D eigenvalue weighted by Crippen LogP contribution is 2.55. The van der Waals surface area contributed by atoms with Crippen LogP contribution < -0.4 is 5.32 Å². The van der Waals surface area contributed by atoms with Gasteiger partial charge in [-0.15, -0.1) is 0 Å². The van der Waals surface area contributed by atoms with E-state index < -0.39 is 6.04 Å². The SMILES string of the molecule is O=C(Nc1ccc2c(cnn2CCO)c1)[C@H]1CC2(CC2)CN1C(=O)c1ccc(-n2cccn2)nc1. The normalized spacial score (nSPS) is 18.3. The molecule has 1 saturated heterocycles. The van der Waals surface area contributed by atoms with Crippen LogP contribution in [-0.2, 0) is 11.3 Å². The molecule has 6 rings (SSSR count). The molecule has 3 aromatic heterocycles. The van der Waals surface area contributed by atoms with E-state index in [0.717, 1.165) is 23.7 Å². The predicted molar refractivity (Wildman–Crippen MR) is 128 cm³/mol. The van der Waals surface area contributed by atoms with Crippen LogP contribution in [0.4, 0.5) is 5.69 Å². The molecule has 1 spiro atoms. The first-order chi connectivity index (χ1) is 17.0. The van der Waals surface area contributed by atoms with Crippen LogP contribution in [0.25, 0.3) is 16.7 Å². The number of nitrogens with zero attached hydrogens (tertiary/aromatic N) is 6. The minimum atomic E-state index is -0.538. The molecule has 10 heteroatoms. The van der Waals surface area contributed by atoms with Crippen LogP contribution in [0.15, 0.2) is 61.2 Å². The summed E-state index contributed by atoms with van der Waals surface area (Å²) in [7, 11) is 0. The van der Waals surface area contributed by atoms with Crippen molar-refractivity contribution in [2.75, 3.05) is 18.5 Å². The fourth-order valence-corrected chi connectivity index (χ4v) is 4.92. The van der Waals surface area contributed by atoms with Gasteiger partial charge in [0.2, 0.25) is 5.91 Å². The van der Waals surface area contributed by atoms with Crippen molar-refractivity contribution in [3.8, 4) is 5.82 Å². The molecule has 1 atom stereocenters. The van der Waals surface area contributed by atoms with Crippen molar-refractivity contribution in [3.05, 3.63) is 66.7 Å². The van der Waals surface area contributed by atoms with E-state index in [1.807, 2.05) is 24.3 Å². The molecule has 4 aromatic rings. The number of fused-ring (bicyclic) bond motifs is 1. The lowest BCUT2D eigenvalue weighted by Gasteiger charge is -2.24. The fraction of sp³-hybridized carbons (Fsp3) is 0.320. The van der Waals surface area contributed by atoms with Crippen LogP contribution in [0.5, 0.6) is 0 Å². The third kappa shape index (κ3) is 3.95. The molecule has 1 aliphatic carbocycles. The number of aromatic nitrogens is 5. The van der Waals surface area contributed by atoms with Gasteiger partial charge < -0.3 is 15.3 Å². The maximum absolute atomic E-state index is 13.4. The van der Waals surface area contributed by atoms with E-state index in [0.29, 0.717) is 36.6 Å². The van der Waals surface area contributed by atoms with Gasteiger partial charge in [0.1, 0.15) is 6.04 Å². The molecule has 1 aliphatic heterocycles. The van der Waals surface area contributed by atoms with Crippen molar-refractivity contribution in [3.63, 3.8) is 0 Å². The van der Waals surface area contributed by atoms with Crippen LogP contribution in [0, 0.1) is 5.41 Å². The second-order valence-corrected chi connectivity index (χ2v) is 9.36. The molecule has 2 amide bonds. The van der Waals surface area contributed by atoms with Crippen molar-refractivity contribution in [2.45, 2.75) is 31.8 Å². The molecule has 10 nitrogen and oxygen atoms in total. The fourth-order valence-electron chi connectivity index (χ4n) is 4.92. The second-order valence-electron chi connectivity index (χ2n) is 9.36. The molecule has 1 saturated carbocycles. The number of likely N-dealkylation sites (tertiary alicyclic amines) is 1. The Hall–Kier alpha value is -4.05. The van der Waals surface area contributed by atoms with Gasteiger partial charge in [-0.1, -0.05) is 0 Å². The molecule has 178 valence electrons. The average molecular weight is 472 g/mol. The third-order valence-electron chi connectivity index (χ3n) is 6.98. The number of pyridine rings is 1. The Balaban J connectivity index is 1.21. The van der Waals surface area contributed by atoms with Gasteiger partial charge in [-0.25, -0.2) is 9.67 Å². The van der Waals surface area contributed by atoms with Crippen molar-refractivity contribution in [1.29, 1.82) is 0 Å². The largest absolute Gasteiger partial charge is 0.394 e. The Morgan fingerprint density at radius 3 is 2.74 bits per heavy atom. The molecule has 0 bridgehead atoms. The Morgan fingerprint density at radius 1 is 1.14 bits per heavy atom. The summed E-state index contributed by atoms with van der Waals surface area (Å²) in [5.41, 5.74) is 2.04. The number of carbonyl (C=O) groups is 2. The Labute approximate surface area is 201 Å². The number of hydrogen-bond acceptors (Lipinski definition) is 6. The number of rotatable bonds is 6. The van der Waals surface area contributed by atoms with Crippen LogP contribution in [0.3, 0.4) is 0 Å². The molecule has 1 aromatic carbocycles. The van der Waals surface area contributed by atoms with Crippen molar-refractivity contribution in [2.24, 2.45) is 5.41 Å². The van der Waals surface area contributed by atoms with Crippen LogP contribution in [0.1, 0.15) is 29.6 Å². The van der Waals surface area contributed by atoms with E-state index in [1.54, 1.807) is 51.2 Å². The van der Waals surface area contributed by atoms with Crippen LogP contribution in [0.2, 0.25) is 0 Å². The number of carbonyl (C=O) groups excluding carboxylic acids is 2. The summed E-state index contributed by atoms with van der Waals surface area (Å²) in [6, 6.07) is 10.3. The van der Waals surface area contributed by atoms with Gasteiger partial charge in [0.05, 0.1) is 30.4 Å². The van der Waals surface area contributed by atoms with Gasteiger partial charge >= 0.3 is 0 Å². The Bertz CT molecular complexity index is 1390. The maximum atomic E-state index is 13.4. The minimum Gasteiger partial charge on any atom is -0.394 e. The van der Waals surface area contributed by atoms with Crippen LogP contribution >= 0.6 is 0 Å². The van der Waals surface area contributed by atoms with Gasteiger partial charge in [0, 0.05) is 36.2 Å². The predicted octanol–water partition coefficient (Wildman–Crippen LogP) is 2.24. The smallest absolute Gasteiger partial charge is 0.256 e. The number of nitrogens with one attached hydrogen (secondary N) is 1. The number of aliphatic hydroxyl groups excluding tert-OH is 1. The molecule has 2 fully saturated rings. The minimum absolute atomic E-state index is 0.00402. The topological polar surface area (TPSA) is 118 Å². The van der Waals surface area contributed by atoms with Gasteiger partial charge in [0.15, 0.2) is 5.82 Å². The molecule has 0 radical (unpaired) electrons. The van der Waals surface area contributed by atoms with Crippen molar-refractivity contribution in [1.82, 2.24) is 29.4 Å². The summed E-state index contributed by atoms with van der Waals surface area (Å²) in [5, 5.41) is 21.5. The number of aliphatic hydroxyl groups is 1. The third-order valence-corrected chi connectivity index (χ3v) is 6.98. The zero-order chi connectivity index (χ0) is 24.0. The molecule has 2 N–H and O–H groups in total. The zero-order valence-corrected chi connectivity index (χ0v) is 19.0. The standard InChI is InChI=1S/C25H25N7O3/c33-11-10-31-20-4-3-19(12-18(20)15-28-31)29-23(34)21-13-25(6-7-25)16-30(21)24(35)17-2-5-22(26-14-17)32-9-1-8-27-32/h1-5,8-9,12,14-15,21,33H,6-7,10-11,13,16H2,(H,29,34)/t21-/m1/s1. The van der Waals surface area contributed by atoms with E-state index in [9.17, 15) is 14.7 Å². The lowest BCUT2D eigenvalue weighted by Crippen LogP contribution is -2.43. The van der Waals surface area contributed by atoms with E-state index >= 15 is 0 Å². The second kappa shape index (κ2) is 8.31. The van der Waals surface area contributed by atoms with E-state index in [4.69, 9.17) is 0 Å². The van der Waals surface area contributed by atoms with E-state index in [2.05, 4.69) is 20.5 Å². The van der Waals surface area contributed by atoms with Gasteiger partial charge in [-0.05, 0) is 61.1 Å². The molecular weight excluding hydrogens is 446 g/mol. The van der Waals surface area contributed by atoms with E-state index in [-0.39, 0.29) is 23.8 Å². The first-order valence-corrected chi connectivity index (χ1v) is 11.7. The zero-order valence-electron chi connectivity index (χ0n) is 19.0. The molecule has 35 heavy (non-hydrogen) atoms. The lowest BCUT2D eigenvalue weighted by molar-refractivity contribution is -0.119. The number of benzene rings is 1. The summed E-state index contributed by atoms with van der Waals surface area (Å²) in [6.07, 6.45) is 9.45. The number of amides is 2. The number of hydrogen-bond donors (Lipinski definition) is 2. The average Bonchev–Trinajstić information content (AvgIpc) is 3.24. The summed E-state index contributed by atoms with van der Waals surface area (Å²) >= 11 is 0. The van der Waals surface area contributed by atoms with Gasteiger partial charge in [-0.2, -0.15) is 10.2 Å². The number of anilines is 1. The van der Waals surface area contributed by atoms with Gasteiger partial charge in [0.25, 0.3) is 5.91 Å². The van der Waals surface area contributed by atoms with Crippen LogP contribution in [-0.4, -0.2) is 65.6 Å². The first kappa shape index (κ1) is 21.5. The summed E-state index contributed by atoms with van der Waals surface area (Å²) in [5.74, 6) is 0.248. The summed E-state index contributed by atoms with van der Waals surface area (Å²) in [4.78, 5) is 32.8. The highest BCUT2D eigenvalue weighted by Gasteiger charge is 2.55. The van der Waals surface area contributed by atoms with E-state index in [1.165, 1.54) is 0 Å². The van der Waals surface area contributed by atoms with Crippen molar-refractivity contribution < 1.29 is 14.7 Å².